The molecule has 6 rings (SSSR count). The van der Waals surface area contributed by atoms with Crippen molar-refractivity contribution in [3.63, 3.8) is 0 Å². The molecule has 0 aliphatic carbocycles. The van der Waals surface area contributed by atoms with Crippen LogP contribution >= 0.6 is 0 Å². The first-order chi connectivity index (χ1) is 23.2. The van der Waals surface area contributed by atoms with Gasteiger partial charge in [0.2, 0.25) is 17.9 Å². The summed E-state index contributed by atoms with van der Waals surface area (Å²) in [7, 11) is 3.30. The number of hydrogen-bond acceptors (Lipinski definition) is 9. The quantitative estimate of drug-likeness (QED) is 0.241. The third-order valence-corrected chi connectivity index (χ3v) is 9.20. The summed E-state index contributed by atoms with van der Waals surface area (Å²) in [5.41, 5.74) is 8.16. The van der Waals surface area contributed by atoms with E-state index in [2.05, 4.69) is 20.4 Å². The van der Waals surface area contributed by atoms with Gasteiger partial charge in [-0.15, -0.1) is 0 Å². The number of hydrogen-bond donors (Lipinski definition) is 3. The number of aliphatic carboxylic acids is 1. The standard InChI is InChI=1S/C34H37F3N8O4/c1-20-10-13-45(42-20)26-16-23(21-4-6-22(7-5-21)30(46)43(2)3)8-9-24(26)29(34(35,36)37)49-28-17-27(40-32(38)41-28)44-14-11-33(12-15-44)18-25(31(47)48)39-19-33/h4-10,13,16-17,25,29,39H,11-12,14-15,18-19H2,1-3H3,(H,47,48)(H2,38,40,41)/t25?,29-/m1/s1. The second-order valence-electron chi connectivity index (χ2n) is 12.9. The summed E-state index contributed by atoms with van der Waals surface area (Å²) in [5, 5.41) is 16.9. The molecule has 2 fully saturated rings. The molecule has 2 aromatic carbocycles. The number of carbonyl (C=O) groups is 2. The Balaban J connectivity index is 1.30. The lowest BCUT2D eigenvalue weighted by Gasteiger charge is -2.39. The number of carbonyl (C=O) groups excluding carboxylic acids is 1. The van der Waals surface area contributed by atoms with Crippen LogP contribution in [0.5, 0.6) is 5.88 Å². The molecular formula is C34H37F3N8O4. The van der Waals surface area contributed by atoms with E-state index in [9.17, 15) is 27.9 Å². The van der Waals surface area contributed by atoms with Crippen molar-refractivity contribution in [1.82, 2.24) is 30.0 Å². The van der Waals surface area contributed by atoms with Crippen molar-refractivity contribution in [2.75, 3.05) is 44.4 Å². The van der Waals surface area contributed by atoms with E-state index in [-0.39, 0.29) is 34.4 Å². The number of piperidine rings is 1. The van der Waals surface area contributed by atoms with Gasteiger partial charge in [-0.05, 0) is 67.0 Å². The maximum atomic E-state index is 14.9. The van der Waals surface area contributed by atoms with Crippen LogP contribution in [0.4, 0.5) is 24.9 Å². The zero-order chi connectivity index (χ0) is 35.1. The van der Waals surface area contributed by atoms with Crippen LogP contribution in [0, 0.1) is 12.3 Å². The number of carboxylic acids is 1. The fourth-order valence-corrected chi connectivity index (χ4v) is 6.52. The fourth-order valence-electron chi connectivity index (χ4n) is 6.52. The summed E-state index contributed by atoms with van der Waals surface area (Å²) in [6.45, 7) is 3.35. The highest BCUT2D eigenvalue weighted by atomic mass is 19.4. The van der Waals surface area contributed by atoms with Crippen molar-refractivity contribution in [2.45, 2.75) is 44.5 Å². The Hall–Kier alpha value is -5.18. The van der Waals surface area contributed by atoms with E-state index in [0.29, 0.717) is 67.1 Å². The maximum Gasteiger partial charge on any atom is 0.429 e. The number of anilines is 2. The average Bonchev–Trinajstić information content (AvgIpc) is 3.69. The van der Waals surface area contributed by atoms with Crippen molar-refractivity contribution < 1.29 is 32.6 Å². The highest BCUT2D eigenvalue weighted by molar-refractivity contribution is 5.94. The van der Waals surface area contributed by atoms with Crippen LogP contribution in [0.3, 0.4) is 0 Å². The number of nitrogens with one attached hydrogen (secondary N) is 1. The van der Waals surface area contributed by atoms with Crippen molar-refractivity contribution >= 4 is 23.6 Å². The summed E-state index contributed by atoms with van der Waals surface area (Å²) in [6.07, 6.45) is -3.84. The molecule has 4 heterocycles. The molecule has 1 amide bonds. The van der Waals surface area contributed by atoms with Gasteiger partial charge in [0.05, 0.1) is 11.4 Å². The van der Waals surface area contributed by atoms with E-state index in [1.807, 2.05) is 4.90 Å². The molecule has 2 aromatic heterocycles. The van der Waals surface area contributed by atoms with E-state index in [0.717, 1.165) is 0 Å². The van der Waals surface area contributed by atoms with Crippen LogP contribution in [0.15, 0.2) is 60.8 Å². The van der Waals surface area contributed by atoms with Crippen LogP contribution in [-0.2, 0) is 4.79 Å². The largest absolute Gasteiger partial charge is 0.480 e. The van der Waals surface area contributed by atoms with Crippen molar-refractivity contribution in [3.8, 4) is 22.7 Å². The number of nitrogens with two attached hydrogens (primary N) is 1. The van der Waals surface area contributed by atoms with Crippen molar-refractivity contribution in [1.29, 1.82) is 0 Å². The highest BCUT2D eigenvalue weighted by Crippen LogP contribution is 2.43. The van der Waals surface area contributed by atoms with Crippen LogP contribution in [0.25, 0.3) is 16.8 Å². The number of aromatic nitrogens is 4. The summed E-state index contributed by atoms with van der Waals surface area (Å²) >= 11 is 0. The first kappa shape index (κ1) is 33.7. The second kappa shape index (κ2) is 13.0. The average molecular weight is 679 g/mol. The van der Waals surface area contributed by atoms with Gasteiger partial charge in [0.25, 0.3) is 5.91 Å². The minimum atomic E-state index is -4.86. The molecule has 1 spiro atoms. The molecule has 2 atom stereocenters. The lowest BCUT2D eigenvalue weighted by molar-refractivity contribution is -0.198. The van der Waals surface area contributed by atoms with Crippen LogP contribution in [-0.4, -0.2) is 87.6 Å². The van der Waals surface area contributed by atoms with Gasteiger partial charge in [0, 0.05) is 57.1 Å². The van der Waals surface area contributed by atoms with Crippen molar-refractivity contribution in [2.24, 2.45) is 5.41 Å². The van der Waals surface area contributed by atoms with Gasteiger partial charge >= 0.3 is 12.1 Å². The van der Waals surface area contributed by atoms with Gasteiger partial charge in [-0.3, -0.25) is 9.59 Å². The summed E-state index contributed by atoms with van der Waals surface area (Å²) in [4.78, 5) is 35.5. The molecule has 12 nitrogen and oxygen atoms in total. The molecule has 15 heteroatoms. The minimum Gasteiger partial charge on any atom is -0.480 e. The van der Waals surface area contributed by atoms with Gasteiger partial charge in [0.1, 0.15) is 11.9 Å². The van der Waals surface area contributed by atoms with Gasteiger partial charge in [-0.25, -0.2) is 4.68 Å². The normalized spacial score (nSPS) is 18.0. The van der Waals surface area contributed by atoms with E-state index >= 15 is 0 Å². The Kier molecular flexibility index (Phi) is 8.96. The number of ether oxygens (including phenoxy) is 1. The smallest absolute Gasteiger partial charge is 0.429 e. The van der Waals surface area contributed by atoms with Crippen LogP contribution in [0.2, 0.25) is 0 Å². The van der Waals surface area contributed by atoms with Crippen LogP contribution in [0.1, 0.15) is 47.0 Å². The Labute approximate surface area is 280 Å². The number of nitrogen functional groups attached to an aromatic ring is 1. The highest BCUT2D eigenvalue weighted by Gasteiger charge is 2.46. The molecule has 4 aromatic rings. The SMILES string of the molecule is Cc1ccn(-c2cc(-c3ccc(C(=O)N(C)C)cc3)ccc2[C@@H](Oc2cc(N3CCC4(CC3)CNC(C(=O)O)C4)nc(N)n2)C(F)(F)F)n1. The van der Waals surface area contributed by atoms with Gasteiger partial charge in [-0.2, -0.15) is 28.2 Å². The molecule has 4 N–H and O–H groups in total. The number of aryl methyl sites for hydroxylation is 1. The summed E-state index contributed by atoms with van der Waals surface area (Å²) in [6, 6.07) is 13.8. The van der Waals surface area contributed by atoms with E-state index in [1.54, 1.807) is 69.7 Å². The molecule has 2 aliphatic heterocycles. The molecule has 258 valence electrons. The number of nitrogens with zero attached hydrogens (tertiary/aromatic N) is 6. The Morgan fingerprint density at radius 3 is 2.35 bits per heavy atom. The van der Waals surface area contributed by atoms with E-state index in [1.165, 1.54) is 21.7 Å². The summed E-state index contributed by atoms with van der Waals surface area (Å²) in [5.74, 6) is -1.30. The second-order valence-corrected chi connectivity index (χ2v) is 12.9. The molecular weight excluding hydrogens is 641 g/mol. The molecule has 2 aliphatic rings. The zero-order valence-electron chi connectivity index (χ0n) is 27.2. The number of alkyl halides is 3. The monoisotopic (exact) mass is 678 g/mol. The van der Waals surface area contributed by atoms with E-state index in [4.69, 9.17) is 10.5 Å². The Morgan fingerprint density at radius 1 is 1.06 bits per heavy atom. The maximum absolute atomic E-state index is 14.9. The zero-order valence-corrected chi connectivity index (χ0v) is 27.2. The van der Waals surface area contributed by atoms with Gasteiger partial charge in [0.15, 0.2) is 0 Å². The number of carboxylic acid groups (broad SMARTS) is 1. The van der Waals surface area contributed by atoms with Gasteiger partial charge in [-0.1, -0.05) is 24.3 Å². The van der Waals surface area contributed by atoms with Gasteiger partial charge < -0.3 is 30.7 Å². The Bertz CT molecular complexity index is 1850. The number of rotatable bonds is 8. The molecule has 0 radical (unpaired) electrons. The topological polar surface area (TPSA) is 152 Å². The third-order valence-electron chi connectivity index (χ3n) is 9.20. The third kappa shape index (κ3) is 7.16. The molecule has 1 unspecified atom stereocenters. The fraction of sp³-hybridized carbons (Fsp3) is 0.382. The lowest BCUT2D eigenvalue weighted by atomic mass is 9.76. The minimum absolute atomic E-state index is 0.148. The molecule has 49 heavy (non-hydrogen) atoms. The number of benzene rings is 2. The first-order valence-corrected chi connectivity index (χ1v) is 15.8. The predicted octanol–water partition coefficient (Wildman–Crippen LogP) is 4.64. The predicted molar refractivity (Wildman–Crippen MR) is 176 cm³/mol. The van der Waals surface area contributed by atoms with Crippen molar-refractivity contribution in [3.05, 3.63) is 77.6 Å². The first-order valence-electron chi connectivity index (χ1n) is 15.8. The molecule has 2 saturated heterocycles. The number of halogens is 3. The lowest BCUT2D eigenvalue weighted by Crippen LogP contribution is -2.41. The molecule has 0 saturated carbocycles. The number of amides is 1. The molecule has 0 bridgehead atoms. The van der Waals surface area contributed by atoms with Crippen LogP contribution < -0.4 is 20.7 Å². The Morgan fingerprint density at radius 2 is 1.76 bits per heavy atom. The van der Waals surface area contributed by atoms with E-state index < -0.39 is 24.3 Å². The summed E-state index contributed by atoms with van der Waals surface area (Å²) < 4.78 is 51.7.